The van der Waals surface area contributed by atoms with Crippen LogP contribution < -0.4 is 0 Å². The summed E-state index contributed by atoms with van der Waals surface area (Å²) in [5.41, 5.74) is 2.20. The van der Waals surface area contributed by atoms with E-state index in [1.165, 1.54) is 0 Å². The van der Waals surface area contributed by atoms with Gasteiger partial charge in [-0.3, -0.25) is 4.79 Å². The molecule has 0 N–H and O–H groups in total. The average molecular weight is 343 g/mol. The molecule has 0 bridgehead atoms. The molecule has 8 heteroatoms. The van der Waals surface area contributed by atoms with E-state index in [9.17, 15) is 9.59 Å². The minimum absolute atomic E-state index is 0.130. The first-order chi connectivity index (χ1) is 11.9. The number of fused-ring (bicyclic) bond motifs is 1. The van der Waals surface area contributed by atoms with Gasteiger partial charge in [0, 0.05) is 25.4 Å². The second-order valence-electron chi connectivity index (χ2n) is 7.08. The van der Waals surface area contributed by atoms with Gasteiger partial charge >= 0.3 is 6.09 Å². The number of hydrogen-bond acceptors (Lipinski definition) is 5. The van der Waals surface area contributed by atoms with Crippen molar-refractivity contribution in [2.75, 3.05) is 26.7 Å². The van der Waals surface area contributed by atoms with E-state index in [0.717, 1.165) is 24.2 Å². The van der Waals surface area contributed by atoms with Gasteiger partial charge in [0.15, 0.2) is 5.65 Å². The Morgan fingerprint density at radius 2 is 2.08 bits per heavy atom. The van der Waals surface area contributed by atoms with Crippen molar-refractivity contribution in [2.45, 2.75) is 32.3 Å². The summed E-state index contributed by atoms with van der Waals surface area (Å²) in [4.78, 5) is 32.5. The predicted molar refractivity (Wildman–Crippen MR) is 89.4 cm³/mol. The maximum Gasteiger partial charge on any atom is 0.410 e. The van der Waals surface area contributed by atoms with Crippen molar-refractivity contribution in [2.24, 2.45) is 0 Å². The summed E-state index contributed by atoms with van der Waals surface area (Å²) < 4.78 is 7.31. The molecule has 1 spiro atoms. The third-order valence-corrected chi connectivity index (χ3v) is 4.91. The molecule has 2 fully saturated rings. The van der Waals surface area contributed by atoms with Gasteiger partial charge in [0.2, 0.25) is 0 Å². The molecule has 2 aromatic rings. The molecule has 25 heavy (non-hydrogen) atoms. The first kappa shape index (κ1) is 15.9. The lowest BCUT2D eigenvalue weighted by molar-refractivity contribution is -0.00540. The van der Waals surface area contributed by atoms with Crippen molar-refractivity contribution >= 4 is 17.6 Å². The third-order valence-electron chi connectivity index (χ3n) is 4.91. The van der Waals surface area contributed by atoms with Crippen molar-refractivity contribution in [3.8, 4) is 0 Å². The van der Waals surface area contributed by atoms with Gasteiger partial charge in [-0.05, 0) is 32.8 Å². The number of rotatable bonds is 1. The van der Waals surface area contributed by atoms with Crippen LogP contribution in [0.4, 0.5) is 4.79 Å². The van der Waals surface area contributed by atoms with Gasteiger partial charge < -0.3 is 14.5 Å². The Bertz CT molecular complexity index is 877. The minimum Gasteiger partial charge on any atom is -0.439 e. The summed E-state index contributed by atoms with van der Waals surface area (Å²) in [6, 6.07) is 3.62. The fourth-order valence-corrected chi connectivity index (χ4v) is 3.79. The zero-order valence-electron chi connectivity index (χ0n) is 14.7. The molecular weight excluding hydrogens is 322 g/mol. The summed E-state index contributed by atoms with van der Waals surface area (Å²) in [5.74, 6) is -0.130. The summed E-state index contributed by atoms with van der Waals surface area (Å²) in [5, 5.41) is 4.37. The lowest BCUT2D eigenvalue weighted by Gasteiger charge is -2.38. The largest absolute Gasteiger partial charge is 0.439 e. The second kappa shape index (κ2) is 5.44. The number of aryl methyl sites for hydroxylation is 2. The van der Waals surface area contributed by atoms with Gasteiger partial charge in [0.25, 0.3) is 5.91 Å². The Kier molecular flexibility index (Phi) is 3.45. The smallest absolute Gasteiger partial charge is 0.410 e. The van der Waals surface area contributed by atoms with E-state index in [1.54, 1.807) is 27.4 Å². The fourth-order valence-electron chi connectivity index (χ4n) is 3.79. The van der Waals surface area contributed by atoms with Crippen LogP contribution in [0.15, 0.2) is 12.1 Å². The lowest BCUT2D eigenvalue weighted by Crippen LogP contribution is -2.52. The average Bonchev–Trinajstić information content (AvgIpc) is 3.06. The van der Waals surface area contributed by atoms with Crippen LogP contribution in [0.3, 0.4) is 0 Å². The molecule has 4 heterocycles. The number of carbonyl (C=O) groups is 2. The molecule has 2 aliphatic rings. The first-order valence-corrected chi connectivity index (χ1v) is 8.44. The Labute approximate surface area is 145 Å². The van der Waals surface area contributed by atoms with Gasteiger partial charge in [-0.2, -0.15) is 5.10 Å². The Morgan fingerprint density at radius 1 is 1.28 bits per heavy atom. The number of likely N-dealkylation sites (N-methyl/N-ethyl adjacent to an activating group) is 1. The van der Waals surface area contributed by atoms with Crippen LogP contribution in [-0.4, -0.2) is 68.7 Å². The normalized spacial score (nSPS) is 23.6. The number of ether oxygens (including phenoxy) is 1. The SMILES string of the molecule is Cc1cc2nc(C(=O)N3CCCC4(CN(C)C(=O)O4)C3)cc(C)n2n1. The second-order valence-corrected chi connectivity index (χ2v) is 7.08. The number of nitrogens with zero attached hydrogens (tertiary/aromatic N) is 5. The van der Waals surface area contributed by atoms with Gasteiger partial charge in [-0.1, -0.05) is 0 Å². The molecule has 0 aromatic carbocycles. The van der Waals surface area contributed by atoms with E-state index in [-0.39, 0.29) is 12.0 Å². The highest BCUT2D eigenvalue weighted by Crippen LogP contribution is 2.31. The zero-order chi connectivity index (χ0) is 17.8. The Morgan fingerprint density at radius 3 is 2.80 bits per heavy atom. The standard InChI is InChI=1S/C17H21N5O3/c1-11-7-14-18-13(8-12(2)22(14)19-11)15(23)21-6-4-5-17(10-21)9-20(3)16(24)25-17/h7-8H,4-6,9-10H2,1-3H3. The monoisotopic (exact) mass is 343 g/mol. The van der Waals surface area contributed by atoms with Crippen LogP contribution >= 0.6 is 0 Å². The third kappa shape index (κ3) is 2.61. The van der Waals surface area contributed by atoms with Crippen molar-refractivity contribution < 1.29 is 14.3 Å². The molecule has 0 saturated carbocycles. The van der Waals surface area contributed by atoms with E-state index in [2.05, 4.69) is 10.1 Å². The van der Waals surface area contributed by atoms with Gasteiger partial charge in [0.05, 0.1) is 18.8 Å². The minimum atomic E-state index is -0.591. The molecule has 2 amide bonds. The number of amides is 2. The number of likely N-dealkylation sites (tertiary alicyclic amines) is 1. The fraction of sp³-hybridized carbons (Fsp3) is 0.529. The molecule has 8 nitrogen and oxygen atoms in total. The van der Waals surface area contributed by atoms with Gasteiger partial charge in [-0.25, -0.2) is 14.3 Å². The molecule has 2 aliphatic heterocycles. The van der Waals surface area contributed by atoms with E-state index in [1.807, 2.05) is 19.9 Å². The van der Waals surface area contributed by atoms with Crippen molar-refractivity contribution in [3.05, 3.63) is 29.2 Å². The molecule has 1 unspecified atom stereocenters. The molecule has 0 radical (unpaired) electrons. The summed E-state index contributed by atoms with van der Waals surface area (Å²) in [6.07, 6.45) is 1.26. The van der Waals surface area contributed by atoms with Crippen molar-refractivity contribution in [1.29, 1.82) is 0 Å². The van der Waals surface area contributed by atoms with Crippen LogP contribution in [0.25, 0.3) is 5.65 Å². The Balaban J connectivity index is 1.61. The molecule has 132 valence electrons. The van der Waals surface area contributed by atoms with Crippen molar-refractivity contribution in [1.82, 2.24) is 24.4 Å². The molecule has 2 aromatic heterocycles. The van der Waals surface area contributed by atoms with E-state index in [4.69, 9.17) is 4.74 Å². The van der Waals surface area contributed by atoms with E-state index < -0.39 is 5.60 Å². The first-order valence-electron chi connectivity index (χ1n) is 8.44. The summed E-state index contributed by atoms with van der Waals surface area (Å²) >= 11 is 0. The Hall–Kier alpha value is -2.64. The van der Waals surface area contributed by atoms with Crippen LogP contribution in [0.5, 0.6) is 0 Å². The zero-order valence-corrected chi connectivity index (χ0v) is 14.7. The van der Waals surface area contributed by atoms with Crippen LogP contribution in [-0.2, 0) is 4.74 Å². The maximum absolute atomic E-state index is 13.0. The number of carbonyl (C=O) groups excluding carboxylic acids is 2. The highest BCUT2D eigenvalue weighted by atomic mass is 16.6. The molecule has 1 atom stereocenters. The topological polar surface area (TPSA) is 80.0 Å². The highest BCUT2D eigenvalue weighted by Gasteiger charge is 2.47. The molecular formula is C17H21N5O3. The molecule has 2 saturated heterocycles. The molecule has 4 rings (SSSR count). The van der Waals surface area contributed by atoms with Crippen LogP contribution in [0.1, 0.15) is 34.7 Å². The van der Waals surface area contributed by atoms with Crippen molar-refractivity contribution in [3.63, 3.8) is 0 Å². The van der Waals surface area contributed by atoms with E-state index in [0.29, 0.717) is 31.0 Å². The quantitative estimate of drug-likeness (QED) is 0.782. The molecule has 0 aliphatic carbocycles. The number of piperidine rings is 1. The number of hydrogen-bond donors (Lipinski definition) is 0. The summed E-state index contributed by atoms with van der Waals surface area (Å²) in [7, 11) is 1.72. The van der Waals surface area contributed by atoms with Crippen LogP contribution in [0.2, 0.25) is 0 Å². The lowest BCUT2D eigenvalue weighted by atomic mass is 9.92. The van der Waals surface area contributed by atoms with Crippen LogP contribution in [0, 0.1) is 13.8 Å². The predicted octanol–water partition coefficient (Wildman–Crippen LogP) is 1.40. The number of aromatic nitrogens is 3. The summed E-state index contributed by atoms with van der Waals surface area (Å²) in [6.45, 7) is 5.37. The maximum atomic E-state index is 13.0. The highest BCUT2D eigenvalue weighted by molar-refractivity contribution is 5.93. The van der Waals surface area contributed by atoms with Gasteiger partial charge in [-0.15, -0.1) is 0 Å². The van der Waals surface area contributed by atoms with Gasteiger partial charge in [0.1, 0.15) is 11.3 Å². The van der Waals surface area contributed by atoms with E-state index >= 15 is 0 Å².